The quantitative estimate of drug-likeness (QED) is 0.720. The normalized spacial score (nSPS) is 12.3. The van der Waals surface area contributed by atoms with Crippen molar-refractivity contribution in [3.8, 4) is 0 Å². The number of aromatic amines is 1. The van der Waals surface area contributed by atoms with Gasteiger partial charge in [0.1, 0.15) is 11.4 Å². The molecule has 0 unspecified atom stereocenters. The highest BCUT2D eigenvalue weighted by atomic mass is 32.1. The fourth-order valence-corrected chi connectivity index (χ4v) is 3.52. The fourth-order valence-electron chi connectivity index (χ4n) is 2.48. The van der Waals surface area contributed by atoms with Crippen molar-refractivity contribution < 1.29 is 9.53 Å². The number of hydrogen-bond donors (Lipinski definition) is 1. The van der Waals surface area contributed by atoms with E-state index in [1.54, 1.807) is 19.1 Å². The molecule has 0 aliphatic rings. The first-order valence-corrected chi connectivity index (χ1v) is 8.53. The van der Waals surface area contributed by atoms with Crippen molar-refractivity contribution in [2.75, 3.05) is 0 Å². The van der Waals surface area contributed by atoms with Crippen molar-refractivity contribution in [3.63, 3.8) is 0 Å². The molecule has 3 aromatic rings. The Balaban J connectivity index is 1.81. The van der Waals surface area contributed by atoms with Crippen LogP contribution in [0, 0.1) is 13.8 Å². The largest absolute Gasteiger partial charge is 0.453 e. The summed E-state index contributed by atoms with van der Waals surface area (Å²) < 4.78 is 6.56. The Morgan fingerprint density at radius 3 is 2.84 bits per heavy atom. The van der Waals surface area contributed by atoms with Crippen LogP contribution in [0.3, 0.4) is 0 Å². The maximum absolute atomic E-state index is 12.3. The third kappa shape index (κ3) is 3.39. The highest BCUT2D eigenvalue weighted by molar-refractivity contribution is 7.18. The second-order valence-electron chi connectivity index (χ2n) is 5.71. The van der Waals surface area contributed by atoms with Gasteiger partial charge >= 0.3 is 5.97 Å². The van der Waals surface area contributed by atoms with Gasteiger partial charge in [-0.15, -0.1) is 11.3 Å². The minimum absolute atomic E-state index is 0.201. The number of fused-ring (bicyclic) bond motifs is 1. The summed E-state index contributed by atoms with van der Waals surface area (Å²) in [6.07, 6.45) is 0.782. The van der Waals surface area contributed by atoms with Crippen molar-refractivity contribution >= 4 is 27.5 Å². The Labute approximate surface area is 146 Å². The zero-order valence-corrected chi connectivity index (χ0v) is 14.8. The summed E-state index contributed by atoms with van der Waals surface area (Å²) in [5.41, 5.74) is 0.377. The molecule has 0 amide bonds. The number of rotatable bonds is 4. The Morgan fingerprint density at radius 1 is 1.36 bits per heavy atom. The summed E-state index contributed by atoms with van der Waals surface area (Å²) in [4.78, 5) is 44.7. The van der Waals surface area contributed by atoms with Gasteiger partial charge in [-0.1, -0.05) is 6.07 Å². The van der Waals surface area contributed by atoms with E-state index in [0.29, 0.717) is 10.2 Å². The smallest absolute Gasteiger partial charge is 0.326 e. The van der Waals surface area contributed by atoms with Crippen LogP contribution in [0.2, 0.25) is 0 Å². The van der Waals surface area contributed by atoms with Crippen molar-refractivity contribution in [2.45, 2.75) is 33.4 Å². The van der Waals surface area contributed by atoms with Crippen LogP contribution in [0.4, 0.5) is 0 Å². The molecule has 7 nitrogen and oxygen atoms in total. The predicted molar refractivity (Wildman–Crippen MR) is 94.9 cm³/mol. The fraction of sp³-hybridized carbons (Fsp3) is 0.294. The first-order valence-electron chi connectivity index (χ1n) is 7.71. The number of hydrogen-bond acceptors (Lipinski definition) is 6. The SMILES string of the molecule is Cc1sc2nc([C@@H](C)OC(=O)Cn3ccccc3=O)[nH]c(=O)c2c1C. The zero-order valence-electron chi connectivity index (χ0n) is 14.0. The number of thiophene rings is 1. The maximum Gasteiger partial charge on any atom is 0.326 e. The molecule has 25 heavy (non-hydrogen) atoms. The second kappa shape index (κ2) is 6.64. The number of H-pyrrole nitrogens is 1. The van der Waals surface area contributed by atoms with Crippen LogP contribution in [0.15, 0.2) is 34.0 Å². The van der Waals surface area contributed by atoms with Gasteiger partial charge in [0.25, 0.3) is 11.1 Å². The molecule has 0 aliphatic carbocycles. The van der Waals surface area contributed by atoms with Crippen molar-refractivity contribution in [1.29, 1.82) is 0 Å². The average molecular weight is 359 g/mol. The molecular formula is C17H17N3O4S. The molecule has 130 valence electrons. The number of esters is 1. The number of ether oxygens (including phenoxy) is 1. The van der Waals surface area contributed by atoms with E-state index in [4.69, 9.17) is 4.74 Å². The molecular weight excluding hydrogens is 342 g/mol. The number of nitrogens with zero attached hydrogens (tertiary/aromatic N) is 2. The number of aryl methyl sites for hydroxylation is 2. The summed E-state index contributed by atoms with van der Waals surface area (Å²) in [6.45, 7) is 5.24. The molecule has 0 saturated heterocycles. The molecule has 0 saturated carbocycles. The van der Waals surface area contributed by atoms with Crippen LogP contribution < -0.4 is 11.1 Å². The molecule has 8 heteroatoms. The van der Waals surface area contributed by atoms with Crippen LogP contribution in [0.5, 0.6) is 0 Å². The Bertz CT molecular complexity index is 1060. The van der Waals surface area contributed by atoms with Crippen molar-refractivity contribution in [2.24, 2.45) is 0 Å². The van der Waals surface area contributed by atoms with E-state index in [-0.39, 0.29) is 23.5 Å². The lowest BCUT2D eigenvalue weighted by Crippen LogP contribution is -2.25. The number of nitrogens with one attached hydrogen (secondary N) is 1. The second-order valence-corrected chi connectivity index (χ2v) is 6.92. The lowest BCUT2D eigenvalue weighted by molar-refractivity contribution is -0.149. The summed E-state index contributed by atoms with van der Waals surface area (Å²) in [5, 5.41) is 0.570. The van der Waals surface area contributed by atoms with Gasteiger partial charge in [0, 0.05) is 17.1 Å². The number of aromatic nitrogens is 3. The minimum Gasteiger partial charge on any atom is -0.453 e. The molecule has 0 radical (unpaired) electrons. The van der Waals surface area contributed by atoms with Crippen LogP contribution in [0.1, 0.15) is 29.3 Å². The van der Waals surface area contributed by atoms with E-state index in [9.17, 15) is 14.4 Å². The molecule has 1 atom stereocenters. The van der Waals surface area contributed by atoms with E-state index in [1.165, 1.54) is 28.2 Å². The molecule has 0 fully saturated rings. The van der Waals surface area contributed by atoms with Gasteiger partial charge < -0.3 is 14.3 Å². The number of pyridine rings is 1. The Hall–Kier alpha value is -2.74. The average Bonchev–Trinajstić information content (AvgIpc) is 2.84. The Kier molecular flexibility index (Phi) is 4.54. The first-order chi connectivity index (χ1) is 11.9. The van der Waals surface area contributed by atoms with Crippen molar-refractivity contribution in [1.82, 2.24) is 14.5 Å². The standard InChI is InChI=1S/C17H17N3O4S/c1-9-11(3)25-17-14(9)16(23)18-15(19-17)10(2)24-13(22)8-20-7-5-4-6-12(20)21/h4-7,10H,8H2,1-3H3,(H,18,19,23)/t10-/m1/s1. The molecule has 3 heterocycles. The van der Waals surface area contributed by atoms with Gasteiger partial charge in [0.15, 0.2) is 11.9 Å². The molecule has 0 aromatic carbocycles. The molecule has 0 aliphatic heterocycles. The summed E-state index contributed by atoms with van der Waals surface area (Å²) in [5.74, 6) is -0.297. The summed E-state index contributed by atoms with van der Waals surface area (Å²) >= 11 is 1.43. The lowest BCUT2D eigenvalue weighted by Gasteiger charge is -2.13. The number of carbonyl (C=O) groups is 1. The van der Waals surface area contributed by atoms with E-state index in [1.807, 2.05) is 13.8 Å². The summed E-state index contributed by atoms with van der Waals surface area (Å²) in [6, 6.07) is 4.62. The third-order valence-electron chi connectivity index (χ3n) is 3.95. The van der Waals surface area contributed by atoms with Crippen LogP contribution >= 0.6 is 11.3 Å². The molecule has 3 aromatic heterocycles. The molecule has 3 rings (SSSR count). The van der Waals surface area contributed by atoms with Crippen LogP contribution in [0.25, 0.3) is 10.2 Å². The highest BCUT2D eigenvalue weighted by Gasteiger charge is 2.18. The lowest BCUT2D eigenvalue weighted by atomic mass is 10.2. The van der Waals surface area contributed by atoms with Crippen LogP contribution in [-0.2, 0) is 16.1 Å². The topological polar surface area (TPSA) is 94.0 Å². The Morgan fingerprint density at radius 2 is 2.12 bits per heavy atom. The van der Waals surface area contributed by atoms with E-state index in [2.05, 4.69) is 9.97 Å². The van der Waals surface area contributed by atoms with Gasteiger partial charge in [-0.2, -0.15) is 0 Å². The zero-order chi connectivity index (χ0) is 18.1. The number of carbonyl (C=O) groups excluding carboxylic acids is 1. The van der Waals surface area contributed by atoms with E-state index < -0.39 is 12.1 Å². The molecule has 0 bridgehead atoms. The van der Waals surface area contributed by atoms with Gasteiger partial charge in [0.2, 0.25) is 0 Å². The van der Waals surface area contributed by atoms with Gasteiger partial charge in [-0.25, -0.2) is 4.98 Å². The molecule has 1 N–H and O–H groups in total. The third-order valence-corrected chi connectivity index (χ3v) is 5.05. The monoisotopic (exact) mass is 359 g/mol. The maximum atomic E-state index is 12.3. The van der Waals surface area contributed by atoms with E-state index >= 15 is 0 Å². The molecule has 0 spiro atoms. The summed E-state index contributed by atoms with van der Waals surface area (Å²) in [7, 11) is 0. The predicted octanol–water partition coefficient (Wildman–Crippen LogP) is 2.07. The van der Waals surface area contributed by atoms with E-state index in [0.717, 1.165) is 10.4 Å². The van der Waals surface area contributed by atoms with Crippen LogP contribution in [-0.4, -0.2) is 20.5 Å². The van der Waals surface area contributed by atoms with Gasteiger partial charge in [0.05, 0.1) is 5.39 Å². The first kappa shape index (κ1) is 17.1. The van der Waals surface area contributed by atoms with Gasteiger partial charge in [-0.3, -0.25) is 14.4 Å². The highest BCUT2D eigenvalue weighted by Crippen LogP contribution is 2.26. The van der Waals surface area contributed by atoms with Gasteiger partial charge in [-0.05, 0) is 32.4 Å². The minimum atomic E-state index is -0.730. The van der Waals surface area contributed by atoms with Crippen molar-refractivity contribution in [3.05, 3.63) is 61.4 Å².